The van der Waals surface area contributed by atoms with Crippen molar-refractivity contribution in [1.29, 1.82) is 0 Å². The second-order valence-corrected chi connectivity index (χ2v) is 5.51. The summed E-state index contributed by atoms with van der Waals surface area (Å²) in [4.78, 5) is 11.8. The molecule has 2 rings (SSSR count). The van der Waals surface area contributed by atoms with Crippen LogP contribution in [0.25, 0.3) is 10.8 Å². The minimum absolute atomic E-state index is 0.421. The molecule has 0 saturated heterocycles. The van der Waals surface area contributed by atoms with Crippen LogP contribution in [-0.2, 0) is 4.79 Å². The molecular weight excluding hydrogens is 294 g/mol. The number of hydrogen-bond acceptors (Lipinski definition) is 2. The van der Waals surface area contributed by atoms with Crippen molar-refractivity contribution in [3.63, 3.8) is 0 Å². The fourth-order valence-electron chi connectivity index (χ4n) is 1.65. The lowest BCUT2D eigenvalue weighted by Gasteiger charge is -2.18. The summed E-state index contributed by atoms with van der Waals surface area (Å²) in [6.45, 7) is 2.92. The molecule has 0 bridgehead atoms. The van der Waals surface area contributed by atoms with E-state index in [0.29, 0.717) is 5.69 Å². The van der Waals surface area contributed by atoms with Crippen LogP contribution in [0.4, 0.5) is 5.69 Å². The van der Waals surface area contributed by atoms with Crippen molar-refractivity contribution >= 4 is 38.3 Å². The molecule has 2 aromatic carbocycles. The van der Waals surface area contributed by atoms with Gasteiger partial charge in [0, 0.05) is 15.5 Å². The molecule has 0 saturated carbocycles. The van der Waals surface area contributed by atoms with E-state index in [1.165, 1.54) is 13.8 Å². The van der Waals surface area contributed by atoms with E-state index >= 15 is 0 Å². The van der Waals surface area contributed by atoms with Gasteiger partial charge in [-0.3, -0.25) is 4.79 Å². The summed E-state index contributed by atoms with van der Waals surface area (Å²) >= 11 is 3.47. The number of carbonyl (C=O) groups excluding carboxylic acids is 1. The van der Waals surface area contributed by atoms with Gasteiger partial charge in [0.15, 0.2) is 0 Å². The second-order valence-electron chi connectivity index (χ2n) is 4.65. The lowest BCUT2D eigenvalue weighted by atomic mass is 10.1. The molecule has 0 aliphatic rings. The standard InChI is InChI=1S/C14H14BrNO2/c1-14(2,18)13(17)16-12-8-7-11(15)9-5-3-4-6-10(9)12/h3-8,18H,1-2H3,(H,16,17). The van der Waals surface area contributed by atoms with E-state index in [4.69, 9.17) is 0 Å². The Bertz CT molecular complexity index is 602. The minimum atomic E-state index is -1.39. The zero-order chi connectivity index (χ0) is 13.3. The predicted octanol–water partition coefficient (Wildman–Crippen LogP) is 3.31. The molecule has 94 valence electrons. The Morgan fingerprint density at radius 2 is 1.78 bits per heavy atom. The van der Waals surface area contributed by atoms with Gasteiger partial charge in [0.05, 0.1) is 0 Å². The fraction of sp³-hybridized carbons (Fsp3) is 0.214. The molecule has 0 radical (unpaired) electrons. The number of amides is 1. The first-order chi connectivity index (χ1) is 8.39. The number of halogens is 1. The van der Waals surface area contributed by atoms with Gasteiger partial charge in [-0.05, 0) is 31.4 Å². The molecule has 0 aliphatic heterocycles. The van der Waals surface area contributed by atoms with Gasteiger partial charge in [0.1, 0.15) is 5.60 Å². The zero-order valence-corrected chi connectivity index (χ0v) is 11.8. The quantitative estimate of drug-likeness (QED) is 0.894. The summed E-state index contributed by atoms with van der Waals surface area (Å²) in [5.74, 6) is -0.421. The van der Waals surface area contributed by atoms with Crippen molar-refractivity contribution in [3.8, 4) is 0 Å². The molecule has 2 N–H and O–H groups in total. The van der Waals surface area contributed by atoms with Gasteiger partial charge in [-0.25, -0.2) is 0 Å². The van der Waals surface area contributed by atoms with Crippen molar-refractivity contribution in [2.45, 2.75) is 19.4 Å². The molecule has 0 aromatic heterocycles. The van der Waals surface area contributed by atoms with E-state index in [9.17, 15) is 9.90 Å². The average Bonchev–Trinajstić information content (AvgIpc) is 2.32. The predicted molar refractivity (Wildman–Crippen MR) is 76.6 cm³/mol. The second kappa shape index (κ2) is 4.71. The van der Waals surface area contributed by atoms with Crippen LogP contribution in [-0.4, -0.2) is 16.6 Å². The van der Waals surface area contributed by atoms with E-state index in [2.05, 4.69) is 21.2 Å². The Morgan fingerprint density at radius 1 is 1.17 bits per heavy atom. The van der Waals surface area contributed by atoms with Gasteiger partial charge in [-0.2, -0.15) is 0 Å². The summed E-state index contributed by atoms with van der Waals surface area (Å²) in [6.07, 6.45) is 0. The van der Waals surface area contributed by atoms with Crippen LogP contribution in [0.15, 0.2) is 40.9 Å². The number of benzene rings is 2. The number of nitrogens with one attached hydrogen (secondary N) is 1. The summed E-state index contributed by atoms with van der Waals surface area (Å²) in [5.41, 5.74) is -0.699. The molecule has 1 amide bonds. The lowest BCUT2D eigenvalue weighted by molar-refractivity contribution is -0.130. The first kappa shape index (κ1) is 13.1. The molecule has 0 unspecified atom stereocenters. The molecule has 18 heavy (non-hydrogen) atoms. The van der Waals surface area contributed by atoms with Crippen molar-refractivity contribution in [2.24, 2.45) is 0 Å². The van der Waals surface area contributed by atoms with Gasteiger partial charge >= 0.3 is 0 Å². The van der Waals surface area contributed by atoms with E-state index in [-0.39, 0.29) is 0 Å². The van der Waals surface area contributed by atoms with Crippen LogP contribution >= 0.6 is 15.9 Å². The fourth-order valence-corrected chi connectivity index (χ4v) is 2.12. The zero-order valence-electron chi connectivity index (χ0n) is 10.2. The number of hydrogen-bond donors (Lipinski definition) is 2. The van der Waals surface area contributed by atoms with Gasteiger partial charge in [0.2, 0.25) is 0 Å². The number of fused-ring (bicyclic) bond motifs is 1. The van der Waals surface area contributed by atoms with Gasteiger partial charge in [-0.1, -0.05) is 40.2 Å². The van der Waals surface area contributed by atoms with E-state index in [1.807, 2.05) is 36.4 Å². The van der Waals surface area contributed by atoms with Gasteiger partial charge in [-0.15, -0.1) is 0 Å². The first-order valence-electron chi connectivity index (χ1n) is 5.60. The highest BCUT2D eigenvalue weighted by atomic mass is 79.9. The molecule has 0 aliphatic carbocycles. The molecule has 0 fully saturated rings. The van der Waals surface area contributed by atoms with Crippen molar-refractivity contribution in [2.75, 3.05) is 5.32 Å². The Hall–Kier alpha value is -1.39. The van der Waals surface area contributed by atoms with Crippen LogP contribution < -0.4 is 5.32 Å². The highest BCUT2D eigenvalue weighted by Gasteiger charge is 2.24. The number of aliphatic hydroxyl groups is 1. The molecule has 3 nitrogen and oxygen atoms in total. The summed E-state index contributed by atoms with van der Waals surface area (Å²) in [6, 6.07) is 11.4. The van der Waals surface area contributed by atoms with Crippen LogP contribution in [0.1, 0.15) is 13.8 Å². The van der Waals surface area contributed by atoms with Crippen molar-refractivity contribution < 1.29 is 9.90 Å². The highest BCUT2D eigenvalue weighted by Crippen LogP contribution is 2.30. The normalized spacial score (nSPS) is 11.6. The molecule has 0 spiro atoms. The summed E-state index contributed by atoms with van der Waals surface area (Å²) in [5, 5.41) is 14.3. The van der Waals surface area contributed by atoms with Crippen LogP contribution in [0.5, 0.6) is 0 Å². The van der Waals surface area contributed by atoms with E-state index in [1.54, 1.807) is 0 Å². The third-order valence-electron chi connectivity index (χ3n) is 2.67. The van der Waals surface area contributed by atoms with Crippen molar-refractivity contribution in [3.05, 3.63) is 40.9 Å². The van der Waals surface area contributed by atoms with Gasteiger partial charge < -0.3 is 10.4 Å². The van der Waals surface area contributed by atoms with E-state index in [0.717, 1.165) is 15.2 Å². The largest absolute Gasteiger partial charge is 0.381 e. The monoisotopic (exact) mass is 307 g/mol. The van der Waals surface area contributed by atoms with Crippen LogP contribution in [0.2, 0.25) is 0 Å². The maximum atomic E-state index is 11.8. The SMILES string of the molecule is CC(C)(O)C(=O)Nc1ccc(Br)c2ccccc12. The number of rotatable bonds is 2. The smallest absolute Gasteiger partial charge is 0.255 e. The number of anilines is 1. The topological polar surface area (TPSA) is 49.3 Å². The van der Waals surface area contributed by atoms with Crippen LogP contribution in [0, 0.1) is 0 Å². The molecule has 0 atom stereocenters. The molecule has 2 aromatic rings. The van der Waals surface area contributed by atoms with Crippen LogP contribution in [0.3, 0.4) is 0 Å². The molecule has 0 heterocycles. The Morgan fingerprint density at radius 3 is 2.39 bits per heavy atom. The average molecular weight is 308 g/mol. The highest BCUT2D eigenvalue weighted by molar-refractivity contribution is 9.10. The maximum absolute atomic E-state index is 11.8. The minimum Gasteiger partial charge on any atom is -0.381 e. The Kier molecular flexibility index (Phi) is 3.41. The third kappa shape index (κ3) is 2.54. The Balaban J connectivity index is 2.47. The summed E-state index contributed by atoms with van der Waals surface area (Å²) < 4.78 is 0.972. The first-order valence-corrected chi connectivity index (χ1v) is 6.40. The molecular formula is C14H14BrNO2. The van der Waals surface area contributed by atoms with Gasteiger partial charge in [0.25, 0.3) is 5.91 Å². The lowest BCUT2D eigenvalue weighted by Crippen LogP contribution is -2.36. The summed E-state index contributed by atoms with van der Waals surface area (Å²) in [7, 11) is 0. The third-order valence-corrected chi connectivity index (χ3v) is 3.37. The number of carbonyl (C=O) groups is 1. The van der Waals surface area contributed by atoms with E-state index < -0.39 is 11.5 Å². The Labute approximate surface area is 114 Å². The van der Waals surface area contributed by atoms with Crippen molar-refractivity contribution in [1.82, 2.24) is 0 Å². The molecule has 4 heteroatoms. The maximum Gasteiger partial charge on any atom is 0.255 e.